The number of hydrogen-bond acceptors (Lipinski definition) is 5. The second kappa shape index (κ2) is 10.0. The summed E-state index contributed by atoms with van der Waals surface area (Å²) in [7, 11) is 0. The first-order chi connectivity index (χ1) is 23.3. The number of thiophene rings is 1. The molecule has 0 bridgehead atoms. The molecule has 0 saturated carbocycles. The number of hydrogen-bond donors (Lipinski definition) is 0. The summed E-state index contributed by atoms with van der Waals surface area (Å²) in [4.78, 5) is 15.4. The molecule has 4 nitrogen and oxygen atoms in total. The lowest BCUT2D eigenvalue weighted by Crippen LogP contribution is -2.32. The summed E-state index contributed by atoms with van der Waals surface area (Å²) >= 11 is 1.77. The molecular weight excluding hydrogens is 595 g/mol. The van der Waals surface area contributed by atoms with Gasteiger partial charge in [0.2, 0.25) is 0 Å². The van der Waals surface area contributed by atoms with E-state index in [0.29, 0.717) is 17.5 Å². The van der Waals surface area contributed by atoms with Crippen molar-refractivity contribution >= 4 is 21.4 Å². The molecule has 1 aliphatic heterocycles. The maximum Gasteiger partial charge on any atom is 0.164 e. The number of ether oxygens (including phenoxy) is 1. The van der Waals surface area contributed by atoms with Crippen molar-refractivity contribution in [2.45, 2.75) is 5.41 Å². The summed E-state index contributed by atoms with van der Waals surface area (Å²) in [6.45, 7) is 0. The van der Waals surface area contributed by atoms with E-state index in [1.165, 1.54) is 26.8 Å². The minimum atomic E-state index is -0.584. The van der Waals surface area contributed by atoms with Gasteiger partial charge in [0.1, 0.15) is 11.5 Å². The lowest BCUT2D eigenvalue weighted by Gasteiger charge is -2.39. The molecule has 3 heterocycles. The van der Waals surface area contributed by atoms with Gasteiger partial charge in [0.25, 0.3) is 0 Å². The molecular formula is C42H25N3OS. The van der Waals surface area contributed by atoms with Crippen molar-refractivity contribution in [3.63, 3.8) is 0 Å². The van der Waals surface area contributed by atoms with E-state index in [0.717, 1.165) is 44.9 Å². The van der Waals surface area contributed by atoms with Crippen LogP contribution in [0, 0.1) is 0 Å². The first kappa shape index (κ1) is 26.3. The van der Waals surface area contributed by atoms with Crippen LogP contribution in [0.5, 0.6) is 11.5 Å². The van der Waals surface area contributed by atoms with Crippen molar-refractivity contribution in [2.75, 3.05) is 0 Å². The summed E-state index contributed by atoms with van der Waals surface area (Å²) in [6.07, 6.45) is 0. The van der Waals surface area contributed by atoms with Crippen LogP contribution in [-0.2, 0) is 5.41 Å². The standard InChI is InChI=1S/C42H25N3OS/c1-3-12-26(13-4-1)39-43-40(27-14-5-2-6-15-27)45-41(44-39)29-16-11-19-32-38(29)37-28-24-25-47-36(28)23-22-33(37)42(32)30-17-7-9-20-34(30)46-35-21-10-8-18-31(35)42/h1-25H. The van der Waals surface area contributed by atoms with Gasteiger partial charge in [-0.05, 0) is 51.9 Å². The Labute approximate surface area is 275 Å². The van der Waals surface area contributed by atoms with E-state index in [-0.39, 0.29) is 0 Å². The molecule has 5 heteroatoms. The Balaban J connectivity index is 1.34. The third kappa shape index (κ3) is 3.72. The second-order valence-corrected chi connectivity index (χ2v) is 12.9. The molecule has 0 unspecified atom stereocenters. The predicted molar refractivity (Wildman–Crippen MR) is 189 cm³/mol. The number of benzene rings is 6. The molecule has 10 rings (SSSR count). The van der Waals surface area contributed by atoms with Gasteiger partial charge in [-0.1, -0.05) is 121 Å². The van der Waals surface area contributed by atoms with Crippen LogP contribution in [-0.4, -0.2) is 15.0 Å². The summed E-state index contributed by atoms with van der Waals surface area (Å²) < 4.78 is 7.83. The molecule has 6 aromatic carbocycles. The van der Waals surface area contributed by atoms with Gasteiger partial charge in [-0.2, -0.15) is 0 Å². The van der Waals surface area contributed by atoms with Gasteiger partial charge in [0.05, 0.1) is 5.41 Å². The maximum absolute atomic E-state index is 6.58. The highest BCUT2D eigenvalue weighted by molar-refractivity contribution is 7.17. The Morgan fingerprint density at radius 1 is 0.447 bits per heavy atom. The molecule has 2 aliphatic rings. The average molecular weight is 620 g/mol. The van der Waals surface area contributed by atoms with Crippen molar-refractivity contribution in [3.8, 4) is 56.8 Å². The highest BCUT2D eigenvalue weighted by Gasteiger charge is 2.52. The minimum Gasteiger partial charge on any atom is -0.457 e. The van der Waals surface area contributed by atoms with Gasteiger partial charge in [-0.3, -0.25) is 0 Å². The fraction of sp³-hybridized carbons (Fsp3) is 0.0238. The van der Waals surface area contributed by atoms with Gasteiger partial charge in [-0.25, -0.2) is 15.0 Å². The van der Waals surface area contributed by atoms with Gasteiger partial charge < -0.3 is 4.74 Å². The Hall–Kier alpha value is -5.91. The Kier molecular flexibility index (Phi) is 5.63. The van der Waals surface area contributed by atoms with Gasteiger partial charge in [-0.15, -0.1) is 11.3 Å². The molecule has 1 spiro atoms. The molecule has 1 aliphatic carbocycles. The fourth-order valence-electron chi connectivity index (χ4n) is 7.60. The SMILES string of the molecule is c1ccc(-c2nc(-c3ccccc3)nc(-c3cccc4c3-c3c(ccc5sccc35)C43c4ccccc4Oc4ccccc43)n2)cc1. The van der Waals surface area contributed by atoms with Crippen LogP contribution in [0.2, 0.25) is 0 Å². The monoisotopic (exact) mass is 619 g/mol. The maximum atomic E-state index is 6.58. The lowest BCUT2D eigenvalue weighted by atomic mass is 9.66. The van der Waals surface area contributed by atoms with Crippen LogP contribution < -0.4 is 4.74 Å². The third-order valence-electron chi connectivity index (χ3n) is 9.50. The van der Waals surface area contributed by atoms with Crippen molar-refractivity contribution in [2.24, 2.45) is 0 Å². The van der Waals surface area contributed by atoms with E-state index in [9.17, 15) is 0 Å². The van der Waals surface area contributed by atoms with E-state index in [1.54, 1.807) is 11.3 Å². The normalized spacial score (nSPS) is 13.4. The zero-order chi connectivity index (χ0) is 31.0. The Morgan fingerprint density at radius 2 is 1.00 bits per heavy atom. The Morgan fingerprint density at radius 3 is 1.66 bits per heavy atom. The molecule has 0 saturated heterocycles. The number of rotatable bonds is 3. The van der Waals surface area contributed by atoms with Crippen molar-refractivity contribution < 1.29 is 4.74 Å². The topological polar surface area (TPSA) is 47.9 Å². The van der Waals surface area contributed by atoms with Crippen LogP contribution in [0.4, 0.5) is 0 Å². The zero-order valence-corrected chi connectivity index (χ0v) is 25.9. The molecule has 0 atom stereocenters. The van der Waals surface area contributed by atoms with E-state index in [1.807, 2.05) is 36.4 Å². The number of para-hydroxylation sites is 2. The quantitative estimate of drug-likeness (QED) is 0.197. The second-order valence-electron chi connectivity index (χ2n) is 11.9. The van der Waals surface area contributed by atoms with E-state index < -0.39 is 5.41 Å². The van der Waals surface area contributed by atoms with Gasteiger partial charge in [0, 0.05) is 37.9 Å². The zero-order valence-electron chi connectivity index (χ0n) is 25.1. The molecule has 0 radical (unpaired) electrons. The summed E-state index contributed by atoms with van der Waals surface area (Å²) in [6, 6.07) is 50.8. The third-order valence-corrected chi connectivity index (χ3v) is 10.4. The molecule has 8 aromatic rings. The van der Waals surface area contributed by atoms with Crippen LogP contribution in [0.1, 0.15) is 22.3 Å². The number of nitrogens with zero attached hydrogens (tertiary/aromatic N) is 3. The molecule has 0 N–H and O–H groups in total. The highest BCUT2D eigenvalue weighted by atomic mass is 32.1. The van der Waals surface area contributed by atoms with E-state index in [2.05, 4.69) is 115 Å². The smallest absolute Gasteiger partial charge is 0.164 e. The Bertz CT molecular complexity index is 2400. The molecule has 220 valence electrons. The van der Waals surface area contributed by atoms with Gasteiger partial charge in [0.15, 0.2) is 17.5 Å². The van der Waals surface area contributed by atoms with E-state index >= 15 is 0 Å². The first-order valence-corrected chi connectivity index (χ1v) is 16.6. The molecule has 0 fully saturated rings. The summed E-state index contributed by atoms with van der Waals surface area (Å²) in [5, 5.41) is 3.42. The number of aromatic nitrogens is 3. The predicted octanol–water partition coefficient (Wildman–Crippen LogP) is 10.6. The van der Waals surface area contributed by atoms with Crippen molar-refractivity contribution in [3.05, 3.63) is 173 Å². The lowest BCUT2D eigenvalue weighted by molar-refractivity contribution is 0.436. The summed E-state index contributed by atoms with van der Waals surface area (Å²) in [5.41, 5.74) is 9.40. The molecule has 0 amide bonds. The van der Waals surface area contributed by atoms with Crippen molar-refractivity contribution in [1.29, 1.82) is 0 Å². The molecule has 47 heavy (non-hydrogen) atoms. The van der Waals surface area contributed by atoms with Crippen LogP contribution >= 0.6 is 11.3 Å². The van der Waals surface area contributed by atoms with Crippen LogP contribution in [0.3, 0.4) is 0 Å². The fourth-order valence-corrected chi connectivity index (χ4v) is 8.39. The van der Waals surface area contributed by atoms with Crippen LogP contribution in [0.25, 0.3) is 55.4 Å². The highest BCUT2D eigenvalue weighted by Crippen LogP contribution is 2.64. The largest absolute Gasteiger partial charge is 0.457 e. The van der Waals surface area contributed by atoms with Crippen molar-refractivity contribution in [1.82, 2.24) is 15.0 Å². The van der Waals surface area contributed by atoms with Gasteiger partial charge >= 0.3 is 0 Å². The molecule has 2 aromatic heterocycles. The van der Waals surface area contributed by atoms with E-state index in [4.69, 9.17) is 19.7 Å². The number of fused-ring (bicyclic) bond motifs is 11. The average Bonchev–Trinajstić information content (AvgIpc) is 3.74. The first-order valence-electron chi connectivity index (χ1n) is 15.7. The minimum absolute atomic E-state index is 0.584. The van der Waals surface area contributed by atoms with Crippen LogP contribution in [0.15, 0.2) is 151 Å². The summed E-state index contributed by atoms with van der Waals surface area (Å²) in [5.74, 6) is 3.70.